The predicted molar refractivity (Wildman–Crippen MR) is 103 cm³/mol. The van der Waals surface area contributed by atoms with Crippen LogP contribution in [0.15, 0.2) is 36.5 Å². The molecule has 0 saturated carbocycles. The minimum absolute atomic E-state index is 0.0881. The molecule has 2 heterocycles. The van der Waals surface area contributed by atoms with Crippen LogP contribution < -0.4 is 9.64 Å². The normalized spacial score (nSPS) is 17.1. The lowest BCUT2D eigenvalue weighted by atomic mass is 10.2. The van der Waals surface area contributed by atoms with Crippen LogP contribution in [0.2, 0.25) is 0 Å². The molecule has 6 nitrogen and oxygen atoms in total. The number of halogens is 3. The fraction of sp³-hybridized carbons (Fsp3) is 0.500. The van der Waals surface area contributed by atoms with Gasteiger partial charge in [-0.2, -0.15) is 13.2 Å². The Morgan fingerprint density at radius 2 is 1.93 bits per heavy atom. The first-order valence-corrected chi connectivity index (χ1v) is 9.57. The second-order valence-corrected chi connectivity index (χ2v) is 7.11. The molecule has 1 aliphatic heterocycles. The van der Waals surface area contributed by atoms with Crippen molar-refractivity contribution in [3.05, 3.63) is 47.8 Å². The Hall–Kier alpha value is -2.39. The molecule has 0 radical (unpaired) electrons. The number of aromatic nitrogens is 2. The van der Waals surface area contributed by atoms with Crippen molar-refractivity contribution in [3.8, 4) is 5.75 Å². The van der Waals surface area contributed by atoms with E-state index in [1.54, 1.807) is 4.90 Å². The van der Waals surface area contributed by atoms with Gasteiger partial charge in [-0.3, -0.25) is 4.90 Å². The van der Waals surface area contributed by atoms with Crippen molar-refractivity contribution in [2.45, 2.75) is 25.6 Å². The molecule has 1 unspecified atom stereocenters. The van der Waals surface area contributed by atoms with Crippen molar-refractivity contribution >= 4 is 5.95 Å². The van der Waals surface area contributed by atoms with Crippen LogP contribution in [-0.2, 0) is 6.18 Å². The maximum atomic E-state index is 12.9. The van der Waals surface area contributed by atoms with E-state index < -0.39 is 18.0 Å². The molecule has 1 fully saturated rings. The smallest absolute Gasteiger partial charge is 0.433 e. The lowest BCUT2D eigenvalue weighted by Crippen LogP contribution is -2.38. The third-order valence-corrected chi connectivity index (χ3v) is 4.80. The zero-order valence-electron chi connectivity index (χ0n) is 16.3. The molecule has 0 amide bonds. The first kappa shape index (κ1) is 21.3. The molecule has 158 valence electrons. The molecule has 1 aromatic carbocycles. The van der Waals surface area contributed by atoms with Crippen LogP contribution in [0.3, 0.4) is 0 Å². The summed E-state index contributed by atoms with van der Waals surface area (Å²) in [4.78, 5) is 11.5. The number of hydrogen-bond acceptors (Lipinski definition) is 6. The largest absolute Gasteiger partial charge is 0.491 e. The first-order chi connectivity index (χ1) is 13.8. The van der Waals surface area contributed by atoms with Gasteiger partial charge in [0.2, 0.25) is 5.95 Å². The van der Waals surface area contributed by atoms with Crippen molar-refractivity contribution in [2.24, 2.45) is 0 Å². The van der Waals surface area contributed by atoms with Crippen LogP contribution in [0.4, 0.5) is 19.1 Å². The zero-order chi connectivity index (χ0) is 20.9. The Labute approximate surface area is 167 Å². The highest BCUT2D eigenvalue weighted by Crippen LogP contribution is 2.28. The molecule has 0 bridgehead atoms. The predicted octanol–water partition coefficient (Wildman–Crippen LogP) is 2.76. The number of aliphatic hydroxyl groups excluding tert-OH is 1. The number of rotatable bonds is 6. The van der Waals surface area contributed by atoms with Gasteiger partial charge in [0.05, 0.1) is 0 Å². The summed E-state index contributed by atoms with van der Waals surface area (Å²) in [5.41, 5.74) is 0.0681. The van der Waals surface area contributed by atoms with Gasteiger partial charge in [-0.25, -0.2) is 9.97 Å². The molecule has 1 atom stereocenters. The lowest BCUT2D eigenvalue weighted by molar-refractivity contribution is -0.141. The van der Waals surface area contributed by atoms with E-state index >= 15 is 0 Å². The highest BCUT2D eigenvalue weighted by molar-refractivity contribution is 5.32. The average molecular weight is 410 g/mol. The summed E-state index contributed by atoms with van der Waals surface area (Å²) in [7, 11) is 0. The van der Waals surface area contributed by atoms with Gasteiger partial charge in [-0.15, -0.1) is 0 Å². The van der Waals surface area contributed by atoms with E-state index in [1.807, 2.05) is 31.2 Å². The quantitative estimate of drug-likeness (QED) is 0.790. The molecular formula is C20H25F3N4O2. The Morgan fingerprint density at radius 1 is 1.14 bits per heavy atom. The van der Waals surface area contributed by atoms with Gasteiger partial charge in [-0.1, -0.05) is 18.2 Å². The SMILES string of the molecule is Cc1ccccc1OCC(O)CN1CCCN(c2nccc(C(F)(F)F)n2)CC1. The standard InChI is InChI=1S/C20H25F3N4O2/c1-15-5-2-3-6-17(15)29-14-16(28)13-26-9-4-10-27(12-11-26)19-24-8-7-18(25-19)20(21,22)23/h2-3,5-8,16,28H,4,9-14H2,1H3. The Morgan fingerprint density at radius 3 is 2.69 bits per heavy atom. The molecule has 0 aliphatic carbocycles. The number of anilines is 1. The van der Waals surface area contributed by atoms with Gasteiger partial charge in [0.15, 0.2) is 0 Å². The second-order valence-electron chi connectivity index (χ2n) is 7.11. The van der Waals surface area contributed by atoms with E-state index in [9.17, 15) is 18.3 Å². The summed E-state index contributed by atoms with van der Waals surface area (Å²) in [6.45, 7) is 4.95. The monoisotopic (exact) mass is 410 g/mol. The Balaban J connectivity index is 1.51. The molecule has 1 N–H and O–H groups in total. The average Bonchev–Trinajstić information content (AvgIpc) is 2.92. The molecule has 9 heteroatoms. The third kappa shape index (κ3) is 6.04. The number of hydrogen-bond donors (Lipinski definition) is 1. The van der Waals surface area contributed by atoms with Crippen molar-refractivity contribution in [3.63, 3.8) is 0 Å². The molecular weight excluding hydrogens is 385 g/mol. The molecule has 1 aromatic heterocycles. The number of β-amino-alcohol motifs (C(OH)–C–C–N with tert-alkyl or cyclic N) is 1. The number of benzene rings is 1. The van der Waals surface area contributed by atoms with Gasteiger partial charge < -0.3 is 14.7 Å². The van der Waals surface area contributed by atoms with Crippen LogP contribution in [0, 0.1) is 6.92 Å². The number of aryl methyl sites for hydroxylation is 1. The van der Waals surface area contributed by atoms with E-state index in [2.05, 4.69) is 14.9 Å². The van der Waals surface area contributed by atoms with Crippen molar-refractivity contribution in [1.29, 1.82) is 0 Å². The Kier molecular flexibility index (Phi) is 6.92. The summed E-state index contributed by atoms with van der Waals surface area (Å²) >= 11 is 0. The van der Waals surface area contributed by atoms with E-state index in [4.69, 9.17) is 4.74 Å². The number of alkyl halides is 3. The summed E-state index contributed by atoms with van der Waals surface area (Å²) in [5.74, 6) is 0.834. The summed E-state index contributed by atoms with van der Waals surface area (Å²) in [6, 6.07) is 8.49. The molecule has 1 aliphatic rings. The van der Waals surface area contributed by atoms with Crippen molar-refractivity contribution in [1.82, 2.24) is 14.9 Å². The number of para-hydroxylation sites is 1. The van der Waals surface area contributed by atoms with Gasteiger partial charge in [0.25, 0.3) is 0 Å². The summed E-state index contributed by atoms with van der Waals surface area (Å²) < 4.78 is 44.3. The molecule has 29 heavy (non-hydrogen) atoms. The van der Waals surface area contributed by atoms with E-state index in [1.165, 1.54) is 0 Å². The fourth-order valence-corrected chi connectivity index (χ4v) is 3.27. The van der Waals surface area contributed by atoms with Crippen LogP contribution in [-0.4, -0.2) is 65.4 Å². The van der Waals surface area contributed by atoms with Crippen molar-refractivity contribution < 1.29 is 23.0 Å². The highest BCUT2D eigenvalue weighted by atomic mass is 19.4. The number of aliphatic hydroxyl groups is 1. The highest BCUT2D eigenvalue weighted by Gasteiger charge is 2.33. The van der Waals surface area contributed by atoms with Gasteiger partial charge >= 0.3 is 6.18 Å². The summed E-state index contributed by atoms with van der Waals surface area (Å²) in [6.07, 6.45) is -3.27. The van der Waals surface area contributed by atoms with Crippen LogP contribution >= 0.6 is 0 Å². The maximum Gasteiger partial charge on any atom is 0.433 e. The van der Waals surface area contributed by atoms with Gasteiger partial charge in [0, 0.05) is 32.4 Å². The van der Waals surface area contributed by atoms with Crippen molar-refractivity contribution in [2.75, 3.05) is 44.2 Å². The number of ether oxygens (including phenoxy) is 1. The van der Waals surface area contributed by atoms with E-state index in [0.29, 0.717) is 26.2 Å². The van der Waals surface area contributed by atoms with E-state index in [0.717, 1.165) is 36.5 Å². The fourth-order valence-electron chi connectivity index (χ4n) is 3.27. The van der Waals surface area contributed by atoms with Crippen LogP contribution in [0.5, 0.6) is 5.75 Å². The summed E-state index contributed by atoms with van der Waals surface area (Å²) in [5, 5.41) is 10.3. The maximum absolute atomic E-state index is 12.9. The zero-order valence-corrected chi connectivity index (χ0v) is 16.3. The molecule has 3 rings (SSSR count). The first-order valence-electron chi connectivity index (χ1n) is 9.57. The van der Waals surface area contributed by atoms with E-state index in [-0.39, 0.29) is 12.6 Å². The molecule has 1 saturated heterocycles. The lowest BCUT2D eigenvalue weighted by Gasteiger charge is -2.24. The van der Waals surface area contributed by atoms with Crippen LogP contribution in [0.25, 0.3) is 0 Å². The molecule has 2 aromatic rings. The minimum Gasteiger partial charge on any atom is -0.491 e. The van der Waals surface area contributed by atoms with Gasteiger partial charge in [-0.05, 0) is 37.6 Å². The minimum atomic E-state index is -4.49. The third-order valence-electron chi connectivity index (χ3n) is 4.80. The van der Waals surface area contributed by atoms with Crippen LogP contribution in [0.1, 0.15) is 17.7 Å². The molecule has 0 spiro atoms. The topological polar surface area (TPSA) is 61.7 Å². The number of nitrogens with zero attached hydrogens (tertiary/aromatic N) is 4. The van der Waals surface area contributed by atoms with Gasteiger partial charge in [0.1, 0.15) is 24.2 Å². The Bertz CT molecular complexity index is 803. The second kappa shape index (κ2) is 9.41.